The van der Waals surface area contributed by atoms with E-state index in [1.54, 1.807) is 6.20 Å². The molecule has 4 aromatic heterocycles. The third-order valence-electron chi connectivity index (χ3n) is 6.84. The van der Waals surface area contributed by atoms with E-state index in [2.05, 4.69) is 34.1 Å². The number of amides is 1. The topological polar surface area (TPSA) is 75.5 Å². The van der Waals surface area contributed by atoms with Crippen LogP contribution < -0.4 is 4.74 Å². The van der Waals surface area contributed by atoms with Gasteiger partial charge in [0.25, 0.3) is 5.91 Å². The van der Waals surface area contributed by atoms with Gasteiger partial charge in [-0.05, 0) is 79.3 Å². The van der Waals surface area contributed by atoms with Gasteiger partial charge in [0.2, 0.25) is 0 Å². The van der Waals surface area contributed by atoms with Crippen molar-refractivity contribution in [2.75, 3.05) is 13.1 Å². The molecule has 0 bridgehead atoms. The van der Waals surface area contributed by atoms with E-state index in [1.165, 1.54) is 16.5 Å². The Morgan fingerprint density at radius 2 is 1.91 bits per heavy atom. The van der Waals surface area contributed by atoms with E-state index in [9.17, 15) is 4.79 Å². The SMILES string of the molecule is Cc1ccc2nc(COc3ccc(C(=O)N4CCC(c5c[nH]c6ncccc56)CC4)cc3)cn2c1. The molecule has 1 fully saturated rings. The second kappa shape index (κ2) is 8.91. The van der Waals surface area contributed by atoms with Crippen LogP contribution in [0.1, 0.15) is 45.9 Å². The van der Waals surface area contributed by atoms with Crippen LogP contribution in [-0.4, -0.2) is 43.2 Å². The summed E-state index contributed by atoms with van der Waals surface area (Å²) >= 11 is 0. The van der Waals surface area contributed by atoms with Gasteiger partial charge in [-0.1, -0.05) is 6.07 Å². The summed E-state index contributed by atoms with van der Waals surface area (Å²) in [6, 6.07) is 15.6. The zero-order valence-electron chi connectivity index (χ0n) is 19.6. The fraction of sp³-hybridized carbons (Fsp3) is 0.250. The maximum atomic E-state index is 13.1. The number of ether oxygens (including phenoxy) is 1. The highest BCUT2D eigenvalue weighted by molar-refractivity contribution is 5.94. The normalized spacial score (nSPS) is 14.6. The molecule has 176 valence electrons. The summed E-state index contributed by atoms with van der Waals surface area (Å²) in [6.45, 7) is 3.94. The summed E-state index contributed by atoms with van der Waals surface area (Å²) in [5, 5.41) is 1.19. The van der Waals surface area contributed by atoms with Crippen molar-refractivity contribution in [3.8, 4) is 5.75 Å². The zero-order valence-corrected chi connectivity index (χ0v) is 19.6. The quantitative estimate of drug-likeness (QED) is 0.391. The van der Waals surface area contributed by atoms with Gasteiger partial charge in [0, 0.05) is 48.8 Å². The molecule has 5 aromatic rings. The van der Waals surface area contributed by atoms with Crippen molar-refractivity contribution in [2.45, 2.75) is 32.3 Å². The minimum atomic E-state index is 0.0753. The monoisotopic (exact) mass is 465 g/mol. The van der Waals surface area contributed by atoms with Gasteiger partial charge < -0.3 is 19.0 Å². The van der Waals surface area contributed by atoms with Gasteiger partial charge >= 0.3 is 0 Å². The third-order valence-corrected chi connectivity index (χ3v) is 6.84. The van der Waals surface area contributed by atoms with Crippen LogP contribution >= 0.6 is 0 Å². The van der Waals surface area contributed by atoms with Gasteiger partial charge in [0.05, 0.1) is 5.69 Å². The molecule has 5 heterocycles. The number of imidazole rings is 1. The van der Waals surface area contributed by atoms with Gasteiger partial charge in [-0.2, -0.15) is 0 Å². The van der Waals surface area contributed by atoms with Gasteiger partial charge in [-0.3, -0.25) is 4.79 Å². The highest BCUT2D eigenvalue weighted by Crippen LogP contribution is 2.33. The number of aryl methyl sites for hydroxylation is 1. The summed E-state index contributed by atoms with van der Waals surface area (Å²) in [5.74, 6) is 1.24. The molecule has 35 heavy (non-hydrogen) atoms. The summed E-state index contributed by atoms with van der Waals surface area (Å²) in [4.78, 5) is 27.3. The van der Waals surface area contributed by atoms with Crippen LogP contribution in [0.15, 0.2) is 73.3 Å². The number of H-pyrrole nitrogens is 1. The lowest BCUT2D eigenvalue weighted by Gasteiger charge is -2.32. The van der Waals surface area contributed by atoms with Gasteiger partial charge in [0.15, 0.2) is 0 Å². The fourth-order valence-corrected chi connectivity index (χ4v) is 4.97. The lowest BCUT2D eigenvalue weighted by molar-refractivity contribution is 0.0713. The predicted octanol–water partition coefficient (Wildman–Crippen LogP) is 5.12. The van der Waals surface area contributed by atoms with E-state index >= 15 is 0 Å². The number of carbonyl (C=O) groups excluding carboxylic acids is 1. The van der Waals surface area contributed by atoms with Crippen molar-refractivity contribution < 1.29 is 9.53 Å². The molecule has 1 aromatic carbocycles. The molecule has 1 aliphatic rings. The van der Waals surface area contributed by atoms with Crippen molar-refractivity contribution >= 4 is 22.6 Å². The summed E-state index contributed by atoms with van der Waals surface area (Å²) < 4.78 is 7.92. The summed E-state index contributed by atoms with van der Waals surface area (Å²) in [7, 11) is 0. The number of hydrogen-bond donors (Lipinski definition) is 1. The number of benzene rings is 1. The molecule has 7 heteroatoms. The number of aromatic nitrogens is 4. The maximum Gasteiger partial charge on any atom is 0.253 e. The van der Waals surface area contributed by atoms with Gasteiger partial charge in [0.1, 0.15) is 23.7 Å². The number of nitrogens with zero attached hydrogens (tertiary/aromatic N) is 4. The Kier molecular flexibility index (Phi) is 5.45. The summed E-state index contributed by atoms with van der Waals surface area (Å²) in [5.41, 5.74) is 5.88. The number of piperidine rings is 1. The fourth-order valence-electron chi connectivity index (χ4n) is 4.97. The van der Waals surface area contributed by atoms with Crippen LogP contribution in [0.2, 0.25) is 0 Å². The molecule has 1 N–H and O–H groups in total. The van der Waals surface area contributed by atoms with E-state index in [0.29, 0.717) is 18.1 Å². The molecule has 1 saturated heterocycles. The Morgan fingerprint density at radius 1 is 1.09 bits per heavy atom. The molecule has 0 spiro atoms. The Morgan fingerprint density at radius 3 is 2.74 bits per heavy atom. The van der Waals surface area contributed by atoms with E-state index in [-0.39, 0.29) is 5.91 Å². The first-order valence-electron chi connectivity index (χ1n) is 12.0. The number of aromatic amines is 1. The Balaban J connectivity index is 1.06. The minimum absolute atomic E-state index is 0.0753. The van der Waals surface area contributed by atoms with Crippen molar-refractivity contribution in [2.24, 2.45) is 0 Å². The first-order valence-corrected chi connectivity index (χ1v) is 12.0. The molecular formula is C28H27N5O2. The number of hydrogen-bond acceptors (Lipinski definition) is 4. The Hall–Kier alpha value is -4.13. The largest absolute Gasteiger partial charge is 0.487 e. The number of pyridine rings is 2. The minimum Gasteiger partial charge on any atom is -0.487 e. The second-order valence-electron chi connectivity index (χ2n) is 9.23. The molecule has 0 saturated carbocycles. The highest BCUT2D eigenvalue weighted by Gasteiger charge is 2.26. The van der Waals surface area contributed by atoms with Gasteiger partial charge in [-0.15, -0.1) is 0 Å². The summed E-state index contributed by atoms with van der Waals surface area (Å²) in [6.07, 6.45) is 9.82. The van der Waals surface area contributed by atoms with Crippen LogP contribution in [0.5, 0.6) is 5.75 Å². The van der Waals surface area contributed by atoms with Crippen molar-refractivity contribution in [1.82, 2.24) is 24.3 Å². The zero-order chi connectivity index (χ0) is 23.8. The number of fused-ring (bicyclic) bond motifs is 2. The first kappa shape index (κ1) is 21.4. The number of likely N-dealkylation sites (tertiary alicyclic amines) is 1. The van der Waals surface area contributed by atoms with E-state index < -0.39 is 0 Å². The van der Waals surface area contributed by atoms with Crippen molar-refractivity contribution in [1.29, 1.82) is 0 Å². The van der Waals surface area contributed by atoms with Gasteiger partial charge in [-0.25, -0.2) is 9.97 Å². The van der Waals surface area contributed by atoms with Crippen LogP contribution in [0, 0.1) is 6.92 Å². The first-order chi connectivity index (χ1) is 17.1. The average molecular weight is 466 g/mol. The van der Waals surface area contributed by atoms with Crippen LogP contribution in [0.4, 0.5) is 0 Å². The number of carbonyl (C=O) groups is 1. The van der Waals surface area contributed by atoms with E-state index in [0.717, 1.165) is 48.7 Å². The number of nitrogens with one attached hydrogen (secondary N) is 1. The molecular weight excluding hydrogens is 438 g/mol. The lowest BCUT2D eigenvalue weighted by atomic mass is 9.89. The molecule has 0 atom stereocenters. The lowest BCUT2D eigenvalue weighted by Crippen LogP contribution is -2.37. The molecule has 1 aliphatic heterocycles. The van der Waals surface area contributed by atoms with E-state index in [1.807, 2.05) is 64.2 Å². The average Bonchev–Trinajstić information content (AvgIpc) is 3.51. The molecule has 0 radical (unpaired) electrons. The van der Waals surface area contributed by atoms with E-state index in [4.69, 9.17) is 4.74 Å². The molecule has 0 aliphatic carbocycles. The maximum absolute atomic E-state index is 13.1. The predicted molar refractivity (Wildman–Crippen MR) is 135 cm³/mol. The van der Waals surface area contributed by atoms with Crippen LogP contribution in [0.3, 0.4) is 0 Å². The highest BCUT2D eigenvalue weighted by atomic mass is 16.5. The second-order valence-corrected chi connectivity index (χ2v) is 9.23. The standard InChI is InChI=1S/C28H27N5O2/c1-19-4-9-26-31-22(17-33(26)16-19)18-35-23-7-5-21(6-8-23)28(34)32-13-10-20(11-14-32)25-15-30-27-24(25)3-2-12-29-27/h2-9,12,15-17,20H,10-11,13-14,18H2,1H3,(H,29,30). The third kappa shape index (κ3) is 4.25. The van der Waals surface area contributed by atoms with Crippen LogP contribution in [0.25, 0.3) is 16.7 Å². The smallest absolute Gasteiger partial charge is 0.253 e. The van der Waals surface area contributed by atoms with Crippen LogP contribution in [-0.2, 0) is 6.61 Å². The Labute approximate surface area is 203 Å². The Bertz CT molecular complexity index is 1490. The molecule has 7 nitrogen and oxygen atoms in total. The molecule has 1 amide bonds. The molecule has 6 rings (SSSR count). The molecule has 0 unspecified atom stereocenters. The van der Waals surface area contributed by atoms with Crippen molar-refractivity contribution in [3.63, 3.8) is 0 Å². The number of rotatable bonds is 5. The van der Waals surface area contributed by atoms with Crippen molar-refractivity contribution in [3.05, 3.63) is 95.7 Å².